The van der Waals surface area contributed by atoms with Crippen molar-refractivity contribution in [3.63, 3.8) is 0 Å². The number of pyridine rings is 1. The van der Waals surface area contributed by atoms with Crippen LogP contribution in [0.1, 0.15) is 18.4 Å². The fraction of sp³-hybridized carbons (Fsp3) is 0.538. The number of ether oxygens (including phenoxy) is 1. The molecule has 2 rings (SSSR count). The first-order chi connectivity index (χ1) is 9.22. The maximum absolute atomic E-state index is 8.77. The van der Waals surface area contributed by atoms with Crippen molar-refractivity contribution in [2.75, 3.05) is 31.7 Å². The number of nitrogens with zero attached hydrogens (tertiary/aromatic N) is 3. The second-order valence-electron chi connectivity index (χ2n) is 4.80. The summed E-state index contributed by atoms with van der Waals surface area (Å²) in [5.74, 6) is 1.52. The summed E-state index contributed by atoms with van der Waals surface area (Å²) in [4.78, 5) is 6.22. The molecule has 0 amide bonds. The molecule has 1 aromatic heterocycles. The minimum atomic E-state index is 0.0637. The fourth-order valence-electron chi connectivity index (χ4n) is 1.80. The largest absolute Gasteiger partial charge is 0.409 e. The van der Waals surface area contributed by atoms with Gasteiger partial charge in [0.1, 0.15) is 5.82 Å². The summed E-state index contributed by atoms with van der Waals surface area (Å²) in [6, 6.07) is 3.53. The van der Waals surface area contributed by atoms with Gasteiger partial charge >= 0.3 is 0 Å². The number of hydrogen-bond donors (Lipinski definition) is 2. The van der Waals surface area contributed by atoms with E-state index < -0.39 is 0 Å². The van der Waals surface area contributed by atoms with E-state index >= 15 is 0 Å². The Morgan fingerprint density at radius 2 is 2.42 bits per heavy atom. The number of nitrogens with two attached hydrogens (primary N) is 1. The van der Waals surface area contributed by atoms with E-state index in [0.29, 0.717) is 18.0 Å². The van der Waals surface area contributed by atoms with Crippen LogP contribution < -0.4 is 10.6 Å². The van der Waals surface area contributed by atoms with Gasteiger partial charge in [0.25, 0.3) is 0 Å². The molecule has 6 nitrogen and oxygen atoms in total. The maximum Gasteiger partial charge on any atom is 0.173 e. The number of hydrogen-bond acceptors (Lipinski definition) is 5. The van der Waals surface area contributed by atoms with Gasteiger partial charge in [-0.05, 0) is 30.9 Å². The maximum atomic E-state index is 8.77. The summed E-state index contributed by atoms with van der Waals surface area (Å²) >= 11 is 0. The average Bonchev–Trinajstić information content (AvgIpc) is 3.26. The Bertz CT molecular complexity index is 446. The van der Waals surface area contributed by atoms with Gasteiger partial charge in [0.05, 0.1) is 12.2 Å². The molecule has 0 unspecified atom stereocenters. The van der Waals surface area contributed by atoms with E-state index in [4.69, 9.17) is 15.7 Å². The second-order valence-corrected chi connectivity index (χ2v) is 4.80. The highest BCUT2D eigenvalue weighted by Gasteiger charge is 2.21. The highest BCUT2D eigenvalue weighted by molar-refractivity contribution is 6.01. The summed E-state index contributed by atoms with van der Waals surface area (Å²) < 4.78 is 5.60. The first kappa shape index (κ1) is 13.6. The zero-order valence-corrected chi connectivity index (χ0v) is 11.1. The molecule has 0 radical (unpaired) electrons. The van der Waals surface area contributed by atoms with Gasteiger partial charge in [0.2, 0.25) is 0 Å². The molecular formula is C13H20N4O2. The lowest BCUT2D eigenvalue weighted by Crippen LogP contribution is -2.27. The van der Waals surface area contributed by atoms with Crippen molar-refractivity contribution >= 4 is 11.7 Å². The molecule has 1 saturated carbocycles. The molecule has 1 aliphatic carbocycles. The third kappa shape index (κ3) is 3.82. The van der Waals surface area contributed by atoms with Crippen molar-refractivity contribution in [2.45, 2.75) is 12.8 Å². The first-order valence-corrected chi connectivity index (χ1v) is 6.44. The molecule has 0 aliphatic heterocycles. The average molecular weight is 264 g/mol. The van der Waals surface area contributed by atoms with Crippen LogP contribution in [0.25, 0.3) is 0 Å². The van der Waals surface area contributed by atoms with E-state index in [1.165, 1.54) is 12.8 Å². The van der Waals surface area contributed by atoms with Gasteiger partial charge < -0.3 is 20.6 Å². The van der Waals surface area contributed by atoms with Crippen LogP contribution in [0.4, 0.5) is 5.82 Å². The SMILES string of the molecule is CN(CCOCC1CC1)c1ncccc1/C(N)=N/O. The molecular weight excluding hydrogens is 244 g/mol. The molecule has 1 aromatic rings. The lowest BCUT2D eigenvalue weighted by atomic mass is 10.2. The lowest BCUT2D eigenvalue weighted by molar-refractivity contribution is 0.131. The van der Waals surface area contributed by atoms with Gasteiger partial charge in [-0.15, -0.1) is 0 Å². The van der Waals surface area contributed by atoms with E-state index in [2.05, 4.69) is 10.1 Å². The van der Waals surface area contributed by atoms with Gasteiger partial charge in [-0.25, -0.2) is 4.98 Å². The van der Waals surface area contributed by atoms with Crippen molar-refractivity contribution in [3.8, 4) is 0 Å². The zero-order valence-electron chi connectivity index (χ0n) is 11.1. The molecule has 0 saturated heterocycles. The van der Waals surface area contributed by atoms with Crippen LogP contribution >= 0.6 is 0 Å². The number of oxime groups is 1. The molecule has 1 heterocycles. The molecule has 0 aromatic carbocycles. The third-order valence-electron chi connectivity index (χ3n) is 3.15. The number of likely N-dealkylation sites (N-methyl/N-ethyl adjacent to an activating group) is 1. The van der Waals surface area contributed by atoms with Crippen LogP contribution in [0.5, 0.6) is 0 Å². The fourth-order valence-corrected chi connectivity index (χ4v) is 1.80. The highest BCUT2D eigenvalue weighted by Crippen LogP contribution is 2.28. The Hall–Kier alpha value is -1.82. The summed E-state index contributed by atoms with van der Waals surface area (Å²) in [5, 5.41) is 11.8. The molecule has 104 valence electrons. The minimum Gasteiger partial charge on any atom is -0.409 e. The molecule has 0 spiro atoms. The Morgan fingerprint density at radius 1 is 1.63 bits per heavy atom. The lowest BCUT2D eigenvalue weighted by Gasteiger charge is -2.20. The Labute approximate surface area is 112 Å². The molecule has 0 bridgehead atoms. The van der Waals surface area contributed by atoms with Gasteiger partial charge in [-0.2, -0.15) is 0 Å². The van der Waals surface area contributed by atoms with Gasteiger partial charge in [-0.1, -0.05) is 5.16 Å². The molecule has 3 N–H and O–H groups in total. The van der Waals surface area contributed by atoms with E-state index in [0.717, 1.165) is 19.1 Å². The van der Waals surface area contributed by atoms with E-state index in [9.17, 15) is 0 Å². The van der Waals surface area contributed by atoms with E-state index in [1.807, 2.05) is 11.9 Å². The zero-order chi connectivity index (χ0) is 13.7. The van der Waals surface area contributed by atoms with Gasteiger partial charge in [-0.3, -0.25) is 0 Å². The minimum absolute atomic E-state index is 0.0637. The summed E-state index contributed by atoms with van der Waals surface area (Å²) in [5.41, 5.74) is 6.26. The first-order valence-electron chi connectivity index (χ1n) is 6.44. The standard InChI is InChI=1S/C13H20N4O2/c1-17(7-8-19-9-10-4-5-10)13-11(12(14)16-18)3-2-6-15-13/h2-3,6,10,18H,4-5,7-9H2,1H3,(H2,14,16). The third-order valence-corrected chi connectivity index (χ3v) is 3.15. The van der Waals surface area contributed by atoms with Crippen molar-refractivity contribution in [1.29, 1.82) is 0 Å². The molecule has 1 fully saturated rings. The number of amidine groups is 1. The summed E-state index contributed by atoms with van der Waals surface area (Å²) in [6.45, 7) is 2.22. The van der Waals surface area contributed by atoms with Crippen molar-refractivity contribution in [1.82, 2.24) is 4.98 Å². The van der Waals surface area contributed by atoms with Crippen LogP contribution in [-0.2, 0) is 4.74 Å². The van der Waals surface area contributed by atoms with Crippen LogP contribution in [0, 0.1) is 5.92 Å². The Morgan fingerprint density at radius 3 is 3.11 bits per heavy atom. The second kappa shape index (κ2) is 6.38. The predicted molar refractivity (Wildman–Crippen MR) is 73.6 cm³/mol. The topological polar surface area (TPSA) is 84.0 Å². The predicted octanol–water partition coefficient (Wildman–Crippen LogP) is 1.04. The number of rotatable bonds is 7. The van der Waals surface area contributed by atoms with Gasteiger partial charge in [0.15, 0.2) is 5.84 Å². The van der Waals surface area contributed by atoms with Crippen LogP contribution in [-0.4, -0.2) is 42.8 Å². The summed E-state index contributed by atoms with van der Waals surface area (Å²) in [7, 11) is 1.91. The number of anilines is 1. The van der Waals surface area contributed by atoms with Crippen LogP contribution in [0.3, 0.4) is 0 Å². The molecule has 0 atom stereocenters. The smallest absolute Gasteiger partial charge is 0.173 e. The van der Waals surface area contributed by atoms with Crippen molar-refractivity contribution < 1.29 is 9.94 Å². The Balaban J connectivity index is 1.91. The van der Waals surface area contributed by atoms with Crippen LogP contribution in [0.15, 0.2) is 23.5 Å². The van der Waals surface area contributed by atoms with E-state index in [-0.39, 0.29) is 5.84 Å². The molecule has 19 heavy (non-hydrogen) atoms. The quantitative estimate of drug-likeness (QED) is 0.253. The monoisotopic (exact) mass is 264 g/mol. The summed E-state index contributed by atoms with van der Waals surface area (Å²) in [6.07, 6.45) is 4.28. The van der Waals surface area contributed by atoms with Crippen LogP contribution in [0.2, 0.25) is 0 Å². The van der Waals surface area contributed by atoms with Crippen molar-refractivity contribution in [2.24, 2.45) is 16.8 Å². The van der Waals surface area contributed by atoms with Crippen molar-refractivity contribution in [3.05, 3.63) is 23.9 Å². The van der Waals surface area contributed by atoms with Gasteiger partial charge in [0, 0.05) is 26.4 Å². The molecule has 6 heteroatoms. The Kier molecular flexibility index (Phi) is 4.57. The highest BCUT2D eigenvalue weighted by atomic mass is 16.5. The number of aromatic nitrogens is 1. The normalized spacial score (nSPS) is 15.5. The van der Waals surface area contributed by atoms with E-state index in [1.54, 1.807) is 18.3 Å². The molecule has 1 aliphatic rings.